The van der Waals surface area contributed by atoms with Gasteiger partial charge in [0.1, 0.15) is 0 Å². The van der Waals surface area contributed by atoms with Gasteiger partial charge in [0.2, 0.25) is 0 Å². The number of halogens is 1. The highest BCUT2D eigenvalue weighted by Gasteiger charge is 2.14. The molecule has 0 radical (unpaired) electrons. The topological polar surface area (TPSA) is 17.8 Å². The van der Waals surface area contributed by atoms with Gasteiger partial charge >= 0.3 is 0 Å². The molecule has 0 aliphatic rings. The molecule has 1 aromatic carbocycles. The lowest BCUT2D eigenvalue weighted by Gasteiger charge is -2.09. The summed E-state index contributed by atoms with van der Waals surface area (Å²) in [6.07, 6.45) is 1.91. The van der Waals surface area contributed by atoms with Crippen LogP contribution in [-0.4, -0.2) is 9.78 Å². The van der Waals surface area contributed by atoms with Gasteiger partial charge in [-0.1, -0.05) is 38.1 Å². The molecule has 102 valence electrons. The van der Waals surface area contributed by atoms with Crippen molar-refractivity contribution in [3.05, 3.63) is 52.3 Å². The number of hydrogen-bond donors (Lipinski definition) is 0. The van der Waals surface area contributed by atoms with E-state index in [-0.39, 0.29) is 0 Å². The molecule has 2 rings (SSSR count). The Morgan fingerprint density at radius 3 is 2.47 bits per heavy atom. The zero-order valence-corrected chi connectivity index (χ0v) is 12.7. The van der Waals surface area contributed by atoms with Gasteiger partial charge in [0.15, 0.2) is 0 Å². The molecule has 0 spiro atoms. The Morgan fingerprint density at radius 1 is 1.16 bits per heavy atom. The number of rotatable bonds is 5. The van der Waals surface area contributed by atoms with Crippen LogP contribution in [0.3, 0.4) is 0 Å². The van der Waals surface area contributed by atoms with Crippen molar-refractivity contribution in [2.45, 2.75) is 46.0 Å². The number of benzene rings is 1. The Balaban J connectivity index is 2.40. The maximum atomic E-state index is 6.09. The molecule has 2 nitrogen and oxygen atoms in total. The smallest absolute Gasteiger partial charge is 0.0669 e. The highest BCUT2D eigenvalue weighted by molar-refractivity contribution is 6.17. The molecule has 0 aliphatic heterocycles. The maximum absolute atomic E-state index is 6.09. The Labute approximate surface area is 120 Å². The summed E-state index contributed by atoms with van der Waals surface area (Å²) < 4.78 is 2.12. The quantitative estimate of drug-likeness (QED) is 0.752. The number of alkyl halides is 1. The molecule has 1 aromatic heterocycles. The predicted octanol–water partition coefficient (Wildman–Crippen LogP) is 4.10. The van der Waals surface area contributed by atoms with E-state index in [1.165, 1.54) is 22.4 Å². The van der Waals surface area contributed by atoms with Crippen LogP contribution in [0.25, 0.3) is 0 Å². The van der Waals surface area contributed by atoms with E-state index in [1.54, 1.807) is 0 Å². The van der Waals surface area contributed by atoms with Gasteiger partial charge in [-0.15, -0.1) is 11.6 Å². The molecular formula is C16H21ClN2. The molecule has 1 heterocycles. The van der Waals surface area contributed by atoms with Crippen LogP contribution < -0.4 is 0 Å². The fraction of sp³-hybridized carbons (Fsp3) is 0.438. The van der Waals surface area contributed by atoms with E-state index in [1.807, 2.05) is 0 Å². The van der Waals surface area contributed by atoms with Crippen LogP contribution >= 0.6 is 11.6 Å². The third-order valence-corrected chi connectivity index (χ3v) is 3.90. The third-order valence-electron chi connectivity index (χ3n) is 3.63. The molecule has 0 N–H and O–H groups in total. The summed E-state index contributed by atoms with van der Waals surface area (Å²) in [7, 11) is 0. The average molecular weight is 277 g/mol. The molecule has 0 amide bonds. The van der Waals surface area contributed by atoms with Crippen LogP contribution in [0, 0.1) is 6.92 Å². The lowest BCUT2D eigenvalue weighted by molar-refractivity contribution is 0.637. The molecule has 0 saturated heterocycles. The SMILES string of the molecule is CCc1nn(Cc2ccccc2C)c(CC)c1CCl. The molecule has 3 heteroatoms. The fourth-order valence-electron chi connectivity index (χ4n) is 2.50. The summed E-state index contributed by atoms with van der Waals surface area (Å²) in [5, 5.41) is 4.74. The summed E-state index contributed by atoms with van der Waals surface area (Å²) in [6.45, 7) is 7.28. The zero-order valence-electron chi connectivity index (χ0n) is 11.9. The number of aromatic nitrogens is 2. The van der Waals surface area contributed by atoms with Crippen LogP contribution in [0.4, 0.5) is 0 Å². The van der Waals surface area contributed by atoms with E-state index in [4.69, 9.17) is 16.7 Å². The first kappa shape index (κ1) is 14.1. The van der Waals surface area contributed by atoms with Crippen molar-refractivity contribution in [3.8, 4) is 0 Å². The first-order valence-corrected chi connectivity index (χ1v) is 7.42. The minimum absolute atomic E-state index is 0.556. The Bertz CT molecular complexity index is 558. The molecule has 2 aromatic rings. The zero-order chi connectivity index (χ0) is 13.8. The minimum Gasteiger partial charge on any atom is -0.265 e. The van der Waals surface area contributed by atoms with Crippen molar-refractivity contribution in [1.29, 1.82) is 0 Å². The summed E-state index contributed by atoms with van der Waals surface area (Å²) in [6, 6.07) is 8.47. The summed E-state index contributed by atoms with van der Waals surface area (Å²) in [5.41, 5.74) is 6.27. The van der Waals surface area contributed by atoms with Crippen molar-refractivity contribution in [3.63, 3.8) is 0 Å². The van der Waals surface area contributed by atoms with E-state index < -0.39 is 0 Å². The lowest BCUT2D eigenvalue weighted by atomic mass is 10.1. The van der Waals surface area contributed by atoms with Gasteiger partial charge in [0, 0.05) is 11.3 Å². The van der Waals surface area contributed by atoms with Crippen LogP contribution in [0.15, 0.2) is 24.3 Å². The van der Waals surface area contributed by atoms with Crippen LogP contribution in [-0.2, 0) is 25.3 Å². The van der Waals surface area contributed by atoms with Crippen LogP contribution in [0.5, 0.6) is 0 Å². The summed E-state index contributed by atoms with van der Waals surface area (Å²) >= 11 is 6.09. The molecule has 0 fully saturated rings. The van der Waals surface area contributed by atoms with Gasteiger partial charge in [0.05, 0.1) is 18.1 Å². The van der Waals surface area contributed by atoms with E-state index in [2.05, 4.69) is 49.7 Å². The van der Waals surface area contributed by atoms with E-state index in [9.17, 15) is 0 Å². The normalized spacial score (nSPS) is 10.9. The summed E-state index contributed by atoms with van der Waals surface area (Å²) in [5.74, 6) is 0.556. The maximum Gasteiger partial charge on any atom is 0.0669 e. The van der Waals surface area contributed by atoms with Crippen molar-refractivity contribution in [2.75, 3.05) is 0 Å². The van der Waals surface area contributed by atoms with Gasteiger partial charge in [0.25, 0.3) is 0 Å². The first-order chi connectivity index (χ1) is 9.21. The van der Waals surface area contributed by atoms with Crippen LogP contribution in [0.1, 0.15) is 41.9 Å². The minimum atomic E-state index is 0.556. The van der Waals surface area contributed by atoms with Crippen molar-refractivity contribution >= 4 is 11.6 Å². The predicted molar refractivity (Wildman–Crippen MR) is 80.8 cm³/mol. The Kier molecular flexibility index (Phi) is 4.65. The molecule has 0 atom stereocenters. The highest BCUT2D eigenvalue weighted by atomic mass is 35.5. The first-order valence-electron chi connectivity index (χ1n) is 6.89. The standard InChI is InChI=1S/C16H21ClN2/c1-4-15-14(10-17)16(5-2)19(18-15)11-13-9-7-6-8-12(13)3/h6-9H,4-5,10-11H2,1-3H3. The second-order valence-electron chi connectivity index (χ2n) is 4.80. The fourth-order valence-corrected chi connectivity index (χ4v) is 2.81. The van der Waals surface area contributed by atoms with E-state index in [0.29, 0.717) is 5.88 Å². The third kappa shape index (κ3) is 2.84. The molecular weight excluding hydrogens is 256 g/mol. The van der Waals surface area contributed by atoms with Gasteiger partial charge in [-0.3, -0.25) is 4.68 Å². The van der Waals surface area contributed by atoms with Crippen molar-refractivity contribution < 1.29 is 0 Å². The monoisotopic (exact) mass is 276 g/mol. The van der Waals surface area contributed by atoms with Crippen LogP contribution in [0.2, 0.25) is 0 Å². The van der Waals surface area contributed by atoms with E-state index >= 15 is 0 Å². The second kappa shape index (κ2) is 6.25. The number of aryl methyl sites for hydroxylation is 2. The number of nitrogens with zero attached hydrogens (tertiary/aromatic N) is 2. The van der Waals surface area contributed by atoms with Crippen molar-refractivity contribution in [2.24, 2.45) is 0 Å². The second-order valence-corrected chi connectivity index (χ2v) is 5.06. The lowest BCUT2D eigenvalue weighted by Crippen LogP contribution is -2.07. The molecule has 0 aliphatic carbocycles. The van der Waals surface area contributed by atoms with Crippen molar-refractivity contribution in [1.82, 2.24) is 9.78 Å². The Hall–Kier alpha value is -1.28. The largest absolute Gasteiger partial charge is 0.265 e. The van der Waals surface area contributed by atoms with Gasteiger partial charge < -0.3 is 0 Å². The molecule has 19 heavy (non-hydrogen) atoms. The van der Waals surface area contributed by atoms with Gasteiger partial charge in [-0.05, 0) is 30.9 Å². The molecule has 0 unspecified atom stereocenters. The highest BCUT2D eigenvalue weighted by Crippen LogP contribution is 2.20. The average Bonchev–Trinajstić information content (AvgIpc) is 2.78. The molecule has 0 saturated carbocycles. The summed E-state index contributed by atoms with van der Waals surface area (Å²) in [4.78, 5) is 0. The van der Waals surface area contributed by atoms with Gasteiger partial charge in [-0.2, -0.15) is 5.10 Å². The molecule has 0 bridgehead atoms. The Morgan fingerprint density at radius 2 is 1.89 bits per heavy atom. The van der Waals surface area contributed by atoms with E-state index in [0.717, 1.165) is 25.1 Å². The van der Waals surface area contributed by atoms with Gasteiger partial charge in [-0.25, -0.2) is 0 Å². The number of hydrogen-bond acceptors (Lipinski definition) is 1.